The molecule has 0 amide bonds. The van der Waals surface area contributed by atoms with Crippen molar-refractivity contribution in [2.24, 2.45) is 26.2 Å². The summed E-state index contributed by atoms with van der Waals surface area (Å²) < 4.78 is 44.1. The third kappa shape index (κ3) is 4.79. The van der Waals surface area contributed by atoms with Crippen LogP contribution in [0.2, 0.25) is 0 Å². The van der Waals surface area contributed by atoms with Crippen LogP contribution in [-0.4, -0.2) is 96.7 Å². The summed E-state index contributed by atoms with van der Waals surface area (Å²) in [7, 11) is 1.46. The molecule has 4 heterocycles. The summed E-state index contributed by atoms with van der Waals surface area (Å²) in [6, 6.07) is 7.57. The van der Waals surface area contributed by atoms with Gasteiger partial charge in [-0.05, 0) is 98.9 Å². The number of benzene rings is 2. The Morgan fingerprint density at radius 2 is 1.92 bits per heavy atom. The number of piperidine rings is 2. The normalized spacial score (nSPS) is 30.1. The number of rotatable bonds is 10. The molecule has 10 rings (SSSR count). The summed E-state index contributed by atoms with van der Waals surface area (Å²) in [6.07, 6.45) is 17.3. The lowest BCUT2D eigenvalue weighted by Crippen LogP contribution is -2.53. The first-order valence-corrected chi connectivity index (χ1v) is 18.8. The van der Waals surface area contributed by atoms with Crippen molar-refractivity contribution in [2.45, 2.75) is 82.0 Å². The van der Waals surface area contributed by atoms with Crippen molar-refractivity contribution in [3.8, 4) is 35.2 Å². The summed E-state index contributed by atoms with van der Waals surface area (Å²) in [5.41, 5.74) is 1.55. The van der Waals surface area contributed by atoms with Crippen LogP contribution in [0.1, 0.15) is 68.9 Å². The van der Waals surface area contributed by atoms with E-state index in [1.807, 2.05) is 0 Å². The molecule has 270 valence electrons. The van der Waals surface area contributed by atoms with Crippen molar-refractivity contribution in [2.75, 3.05) is 40.1 Å². The fraction of sp³-hybridized carbons (Fsp3) is 0.537. The molecule has 3 saturated heterocycles. The number of aromatic nitrogens is 1. The predicted molar refractivity (Wildman–Crippen MR) is 195 cm³/mol. The number of nitrogens with one attached hydrogen (secondary N) is 1. The second-order valence-electron chi connectivity index (χ2n) is 16.7. The number of hydrogen-bond acceptors (Lipinski definition) is 8. The van der Waals surface area contributed by atoms with Crippen LogP contribution in [0.5, 0.6) is 11.6 Å². The van der Waals surface area contributed by atoms with E-state index in [2.05, 4.69) is 37.7 Å². The van der Waals surface area contributed by atoms with E-state index in [1.165, 1.54) is 76.3 Å². The Labute approximate surface area is 302 Å². The number of phenolic OH excluding ortho intramolecular Hbond substituents is 1. The molecule has 0 radical (unpaired) electrons. The fourth-order valence-corrected chi connectivity index (χ4v) is 11.0. The first-order valence-electron chi connectivity index (χ1n) is 18.8. The van der Waals surface area contributed by atoms with E-state index in [0.717, 1.165) is 31.5 Å². The molecule has 11 heteroatoms. The molecular weight excluding hydrogens is 662 g/mol. The molecule has 7 fully saturated rings. The number of terminal acetylenes is 1. The number of pyridine rings is 1. The third-order valence-electron chi connectivity index (χ3n) is 13.9. The molecule has 5 atom stereocenters. The van der Waals surface area contributed by atoms with Crippen molar-refractivity contribution in [3.63, 3.8) is 0 Å². The Kier molecular flexibility index (Phi) is 7.16. The van der Waals surface area contributed by atoms with E-state index in [1.54, 1.807) is 0 Å². The van der Waals surface area contributed by atoms with Crippen molar-refractivity contribution >= 4 is 29.0 Å². The van der Waals surface area contributed by atoms with E-state index >= 15 is 4.39 Å². The molecule has 2 aromatic carbocycles. The molecule has 4 bridgehead atoms. The van der Waals surface area contributed by atoms with Crippen LogP contribution < -0.4 is 10.1 Å². The number of hydrogen-bond donors (Lipinski definition) is 2. The molecule has 7 aliphatic rings. The van der Waals surface area contributed by atoms with Crippen LogP contribution >= 0.6 is 0 Å². The van der Waals surface area contributed by atoms with E-state index in [-0.39, 0.29) is 69.3 Å². The molecule has 1 aromatic heterocycles. The highest BCUT2D eigenvalue weighted by molar-refractivity contribution is 6.07. The maximum atomic E-state index is 16.9. The largest absolute Gasteiger partial charge is 0.508 e. The summed E-state index contributed by atoms with van der Waals surface area (Å²) in [4.78, 5) is 18.8. The standard InChI is InChI=1S/C41H44F2N6O3/c1-4-28-30(42)8-5-23-13-27(50)14-29(32(23)28)35-34(43)36(44-2)33(38(47-35)51-3)37(48-18-24-6-7-25(19-48)46-24)45-22-52-21-39(9-10-39)20-49-26-15-40(11-12-40)41(16-26)17-31(41)49/h1,5,8,13-14,24-26,31,46,50H,2,6-7,9-12,15-22H2,3H3/b45-37+. The van der Waals surface area contributed by atoms with Gasteiger partial charge < -0.3 is 24.8 Å². The maximum absolute atomic E-state index is 16.9. The Hall–Kier alpha value is -4.11. The van der Waals surface area contributed by atoms with Gasteiger partial charge in [0.1, 0.15) is 41.1 Å². The number of aromatic hydroxyl groups is 1. The second-order valence-corrected chi connectivity index (χ2v) is 16.7. The smallest absolute Gasteiger partial charge is 0.227 e. The third-order valence-corrected chi connectivity index (χ3v) is 13.9. The number of nitrogens with zero attached hydrogens (tertiary/aromatic N) is 5. The van der Waals surface area contributed by atoms with Gasteiger partial charge in [-0.15, -0.1) is 6.42 Å². The highest BCUT2D eigenvalue weighted by Gasteiger charge is 2.81. The van der Waals surface area contributed by atoms with Gasteiger partial charge in [-0.25, -0.2) is 18.8 Å². The van der Waals surface area contributed by atoms with Gasteiger partial charge in [0, 0.05) is 60.2 Å². The fourth-order valence-electron chi connectivity index (χ4n) is 11.0. The number of methoxy groups -OCH3 is 1. The van der Waals surface area contributed by atoms with Gasteiger partial charge in [0.05, 0.1) is 19.3 Å². The summed E-state index contributed by atoms with van der Waals surface area (Å²) in [5.74, 6) is 1.36. The Morgan fingerprint density at radius 3 is 2.60 bits per heavy atom. The van der Waals surface area contributed by atoms with E-state index in [4.69, 9.17) is 20.9 Å². The molecular formula is C41H44F2N6O3. The highest BCUT2D eigenvalue weighted by atomic mass is 19.1. The van der Waals surface area contributed by atoms with Crippen molar-refractivity contribution in [3.05, 3.63) is 47.0 Å². The van der Waals surface area contributed by atoms with Crippen LogP contribution in [0.3, 0.4) is 0 Å². The number of amidine groups is 1. The van der Waals surface area contributed by atoms with Gasteiger partial charge in [-0.2, -0.15) is 0 Å². The van der Waals surface area contributed by atoms with Gasteiger partial charge in [0.15, 0.2) is 5.82 Å². The van der Waals surface area contributed by atoms with E-state index in [9.17, 15) is 9.50 Å². The van der Waals surface area contributed by atoms with Gasteiger partial charge in [0.2, 0.25) is 5.88 Å². The average Bonchev–Trinajstić information content (AvgIpc) is 4.09. The Balaban J connectivity index is 0.978. The summed E-state index contributed by atoms with van der Waals surface area (Å²) in [6.45, 7) is 6.94. The topological polar surface area (TPSA) is 94.8 Å². The van der Waals surface area contributed by atoms with E-state index < -0.39 is 11.6 Å². The number of phenols is 1. The molecule has 5 unspecified atom stereocenters. The zero-order chi connectivity index (χ0) is 35.6. The first kappa shape index (κ1) is 32.5. The van der Waals surface area contributed by atoms with Crippen LogP contribution in [0.25, 0.3) is 22.0 Å². The van der Waals surface area contributed by atoms with Crippen molar-refractivity contribution < 1.29 is 23.4 Å². The quantitative estimate of drug-likeness (QED) is 0.113. The first-order chi connectivity index (χ1) is 25.2. The second kappa shape index (κ2) is 11.4. The minimum Gasteiger partial charge on any atom is -0.508 e. The Bertz CT molecular complexity index is 2090. The average molecular weight is 707 g/mol. The van der Waals surface area contributed by atoms with Gasteiger partial charge in [-0.1, -0.05) is 12.0 Å². The molecule has 9 nitrogen and oxygen atoms in total. The number of piperazine rings is 1. The lowest BCUT2D eigenvalue weighted by Gasteiger charge is -2.36. The van der Waals surface area contributed by atoms with Gasteiger partial charge >= 0.3 is 0 Å². The van der Waals surface area contributed by atoms with Crippen LogP contribution in [0.4, 0.5) is 14.5 Å². The molecule has 4 saturated carbocycles. The van der Waals surface area contributed by atoms with Gasteiger partial charge in [-0.3, -0.25) is 9.89 Å². The Morgan fingerprint density at radius 1 is 1.13 bits per heavy atom. The maximum Gasteiger partial charge on any atom is 0.227 e. The number of aliphatic imine (C=N–C) groups is 2. The predicted octanol–water partition coefficient (Wildman–Crippen LogP) is 6.16. The lowest BCUT2D eigenvalue weighted by molar-refractivity contribution is 0.0575. The molecule has 3 aromatic rings. The lowest BCUT2D eigenvalue weighted by atomic mass is 9.88. The van der Waals surface area contributed by atoms with Crippen LogP contribution in [0, 0.1) is 40.2 Å². The number of likely N-dealkylation sites (tertiary alicyclic amines) is 2. The minimum atomic E-state index is -0.806. The monoisotopic (exact) mass is 706 g/mol. The number of fused-ring (bicyclic) bond motifs is 4. The highest BCUT2D eigenvalue weighted by Crippen LogP contribution is 2.83. The summed E-state index contributed by atoms with van der Waals surface area (Å²) >= 11 is 0. The van der Waals surface area contributed by atoms with Crippen LogP contribution in [0.15, 0.2) is 34.3 Å². The zero-order valence-electron chi connectivity index (χ0n) is 29.6. The van der Waals surface area contributed by atoms with E-state index in [0.29, 0.717) is 41.7 Å². The van der Waals surface area contributed by atoms with Crippen molar-refractivity contribution in [1.82, 2.24) is 20.1 Å². The molecule has 3 aliphatic heterocycles. The molecule has 52 heavy (non-hydrogen) atoms. The molecule has 2 spiro atoms. The van der Waals surface area contributed by atoms with Crippen LogP contribution in [-0.2, 0) is 4.74 Å². The van der Waals surface area contributed by atoms with Crippen molar-refractivity contribution in [1.29, 1.82) is 0 Å². The minimum absolute atomic E-state index is 0.0605. The molecule has 2 N–H and O–H groups in total. The SMILES string of the molecule is C#Cc1c(F)ccc2cc(O)cc(-c3nc(OC)c(/C(=N\COCC4(CN5C6CC7(CC7)C7(C6)CC57)CC4)N4CC5CCC(C4)N5)c(N=C)c3F)c12. The molecule has 4 aliphatic carbocycles. The van der Waals surface area contributed by atoms with Gasteiger partial charge in [0.25, 0.3) is 0 Å². The summed E-state index contributed by atoms with van der Waals surface area (Å²) in [5, 5.41) is 15.0. The number of ether oxygens (including phenoxy) is 2. The zero-order valence-corrected chi connectivity index (χ0v) is 29.6. The number of halogens is 2.